The molecule has 0 N–H and O–H groups in total. The monoisotopic (exact) mass is 486 g/mol. The Morgan fingerprint density at radius 1 is 0.900 bits per heavy atom. The van der Waals surface area contributed by atoms with Gasteiger partial charge in [0.05, 0.1) is 4.90 Å². The fourth-order valence-electron chi connectivity index (χ4n) is 3.54. The van der Waals surface area contributed by atoms with Crippen LogP contribution in [-0.4, -0.2) is 48.9 Å². The van der Waals surface area contributed by atoms with Crippen molar-refractivity contribution >= 4 is 31.8 Å². The predicted molar refractivity (Wildman–Crippen MR) is 122 cm³/mol. The number of piperazine rings is 1. The number of halogens is 1. The zero-order chi connectivity index (χ0) is 21.3. The molecule has 1 aromatic heterocycles. The highest BCUT2D eigenvalue weighted by Gasteiger charge is 2.29. The van der Waals surface area contributed by atoms with Gasteiger partial charge in [0.2, 0.25) is 10.0 Å². The first kappa shape index (κ1) is 21.0. The second kappa shape index (κ2) is 8.45. The standard InChI is InChI=1S/C22H23BrN4O2S/c1-16-4-3-5-18(14-16)22-24-17(2)15-21(25-22)26-10-12-27(13-11-26)30(28,29)20-8-6-19(23)7-9-20/h3-9,14-15H,10-13H2,1-2H3. The molecule has 0 atom stereocenters. The van der Waals surface area contributed by atoms with Crippen LogP contribution in [-0.2, 0) is 10.0 Å². The van der Waals surface area contributed by atoms with Crippen molar-refractivity contribution in [2.24, 2.45) is 0 Å². The first-order chi connectivity index (χ1) is 14.3. The van der Waals surface area contributed by atoms with Crippen LogP contribution in [0.2, 0.25) is 0 Å². The maximum Gasteiger partial charge on any atom is 0.243 e. The van der Waals surface area contributed by atoms with E-state index >= 15 is 0 Å². The normalized spacial score (nSPS) is 15.4. The number of sulfonamides is 1. The summed E-state index contributed by atoms with van der Waals surface area (Å²) < 4.78 is 28.3. The lowest BCUT2D eigenvalue weighted by Crippen LogP contribution is -2.49. The van der Waals surface area contributed by atoms with E-state index in [1.807, 2.05) is 38.1 Å². The Kier molecular flexibility index (Phi) is 5.90. The third-order valence-electron chi connectivity index (χ3n) is 5.13. The van der Waals surface area contributed by atoms with Gasteiger partial charge in [-0.15, -0.1) is 0 Å². The number of aryl methyl sites for hydroxylation is 2. The van der Waals surface area contributed by atoms with E-state index in [0.717, 1.165) is 27.1 Å². The molecule has 2 heterocycles. The Balaban J connectivity index is 1.52. The minimum Gasteiger partial charge on any atom is -0.354 e. The lowest BCUT2D eigenvalue weighted by atomic mass is 10.1. The molecule has 156 valence electrons. The van der Waals surface area contributed by atoms with E-state index in [2.05, 4.69) is 31.9 Å². The van der Waals surface area contributed by atoms with Gasteiger partial charge in [-0.05, 0) is 44.2 Å². The van der Waals surface area contributed by atoms with Crippen LogP contribution in [0, 0.1) is 13.8 Å². The minimum absolute atomic E-state index is 0.318. The zero-order valence-electron chi connectivity index (χ0n) is 16.9. The smallest absolute Gasteiger partial charge is 0.243 e. The number of hydrogen-bond acceptors (Lipinski definition) is 5. The molecule has 1 fully saturated rings. The molecular formula is C22H23BrN4O2S. The number of nitrogens with zero attached hydrogens (tertiary/aromatic N) is 4. The van der Waals surface area contributed by atoms with Gasteiger partial charge in [0.25, 0.3) is 0 Å². The van der Waals surface area contributed by atoms with Gasteiger partial charge in [0, 0.05) is 48.0 Å². The Labute approximate surface area is 185 Å². The van der Waals surface area contributed by atoms with E-state index in [1.54, 1.807) is 28.6 Å². The second-order valence-corrected chi connectivity index (χ2v) is 10.3. The summed E-state index contributed by atoms with van der Waals surface area (Å²) in [5.41, 5.74) is 3.03. The van der Waals surface area contributed by atoms with Gasteiger partial charge in [-0.1, -0.05) is 39.7 Å². The first-order valence-electron chi connectivity index (χ1n) is 9.76. The van der Waals surface area contributed by atoms with Crippen LogP contribution in [0.25, 0.3) is 11.4 Å². The predicted octanol–water partition coefficient (Wildman–Crippen LogP) is 4.03. The summed E-state index contributed by atoms with van der Waals surface area (Å²) in [6.45, 7) is 6.01. The SMILES string of the molecule is Cc1cccc(-c2nc(C)cc(N3CCN(S(=O)(=O)c4ccc(Br)cc4)CC3)n2)c1. The molecule has 0 spiro atoms. The summed E-state index contributed by atoms with van der Waals surface area (Å²) in [5.74, 6) is 1.53. The number of anilines is 1. The summed E-state index contributed by atoms with van der Waals surface area (Å²) >= 11 is 3.35. The molecule has 4 rings (SSSR count). The quantitative estimate of drug-likeness (QED) is 0.556. The number of benzene rings is 2. The highest BCUT2D eigenvalue weighted by molar-refractivity contribution is 9.10. The molecule has 8 heteroatoms. The maximum absolute atomic E-state index is 12.9. The molecule has 0 aliphatic carbocycles. The van der Waals surface area contributed by atoms with E-state index in [-0.39, 0.29) is 0 Å². The largest absolute Gasteiger partial charge is 0.354 e. The summed E-state index contributed by atoms with van der Waals surface area (Å²) in [6.07, 6.45) is 0. The van der Waals surface area contributed by atoms with Crippen molar-refractivity contribution in [1.29, 1.82) is 0 Å². The highest BCUT2D eigenvalue weighted by atomic mass is 79.9. The van der Waals surface area contributed by atoms with Gasteiger partial charge in [-0.2, -0.15) is 4.31 Å². The fraction of sp³-hybridized carbons (Fsp3) is 0.273. The van der Waals surface area contributed by atoms with Gasteiger partial charge in [-0.25, -0.2) is 18.4 Å². The topological polar surface area (TPSA) is 66.4 Å². The number of rotatable bonds is 4. The van der Waals surface area contributed by atoms with Gasteiger partial charge in [0.1, 0.15) is 5.82 Å². The van der Waals surface area contributed by atoms with Crippen molar-refractivity contribution in [1.82, 2.24) is 14.3 Å². The molecule has 6 nitrogen and oxygen atoms in total. The molecule has 1 saturated heterocycles. The molecule has 30 heavy (non-hydrogen) atoms. The van der Waals surface area contributed by atoms with Crippen molar-refractivity contribution in [3.63, 3.8) is 0 Å². The van der Waals surface area contributed by atoms with Crippen LogP contribution >= 0.6 is 15.9 Å². The third kappa shape index (κ3) is 4.40. The van der Waals surface area contributed by atoms with E-state index < -0.39 is 10.0 Å². The van der Waals surface area contributed by atoms with E-state index in [4.69, 9.17) is 4.98 Å². The molecule has 3 aromatic rings. The Bertz CT molecular complexity index is 1160. The third-order valence-corrected chi connectivity index (χ3v) is 7.57. The lowest BCUT2D eigenvalue weighted by Gasteiger charge is -2.34. The maximum atomic E-state index is 12.9. The van der Waals surface area contributed by atoms with Crippen LogP contribution in [0.3, 0.4) is 0 Å². The van der Waals surface area contributed by atoms with Crippen molar-refractivity contribution < 1.29 is 8.42 Å². The lowest BCUT2D eigenvalue weighted by molar-refractivity contribution is 0.384. The van der Waals surface area contributed by atoms with Crippen molar-refractivity contribution in [2.75, 3.05) is 31.1 Å². The molecule has 0 radical (unpaired) electrons. The Hall–Kier alpha value is -2.29. The molecule has 1 aliphatic rings. The highest BCUT2D eigenvalue weighted by Crippen LogP contribution is 2.24. The molecule has 0 saturated carbocycles. The van der Waals surface area contributed by atoms with Crippen molar-refractivity contribution in [3.8, 4) is 11.4 Å². The first-order valence-corrected chi connectivity index (χ1v) is 12.0. The van der Waals surface area contributed by atoms with Crippen LogP contribution in [0.1, 0.15) is 11.3 Å². The summed E-state index contributed by atoms with van der Waals surface area (Å²) in [6, 6.07) is 16.8. The average Bonchev–Trinajstić information content (AvgIpc) is 2.74. The molecule has 0 bridgehead atoms. The average molecular weight is 487 g/mol. The number of aromatic nitrogens is 2. The van der Waals surface area contributed by atoms with Gasteiger partial charge in [-0.3, -0.25) is 0 Å². The van der Waals surface area contributed by atoms with Crippen LogP contribution in [0.4, 0.5) is 5.82 Å². The number of hydrogen-bond donors (Lipinski definition) is 0. The van der Waals surface area contributed by atoms with Crippen molar-refractivity contribution in [3.05, 3.63) is 70.3 Å². The second-order valence-electron chi connectivity index (χ2n) is 7.41. The Morgan fingerprint density at radius 2 is 1.60 bits per heavy atom. The van der Waals surface area contributed by atoms with E-state index in [9.17, 15) is 8.42 Å². The molecule has 2 aromatic carbocycles. The molecular weight excluding hydrogens is 464 g/mol. The summed E-state index contributed by atoms with van der Waals surface area (Å²) in [7, 11) is -3.50. The molecule has 0 amide bonds. The van der Waals surface area contributed by atoms with Crippen LogP contribution < -0.4 is 4.90 Å². The summed E-state index contributed by atoms with van der Waals surface area (Å²) in [5, 5.41) is 0. The fourth-order valence-corrected chi connectivity index (χ4v) is 5.23. The van der Waals surface area contributed by atoms with Gasteiger partial charge < -0.3 is 4.90 Å². The van der Waals surface area contributed by atoms with Crippen LogP contribution in [0.5, 0.6) is 0 Å². The van der Waals surface area contributed by atoms with Crippen molar-refractivity contribution in [2.45, 2.75) is 18.7 Å². The van der Waals surface area contributed by atoms with E-state index in [1.165, 1.54) is 0 Å². The summed E-state index contributed by atoms with van der Waals surface area (Å²) in [4.78, 5) is 11.8. The molecule has 1 aliphatic heterocycles. The van der Waals surface area contributed by atoms with Gasteiger partial charge >= 0.3 is 0 Å². The van der Waals surface area contributed by atoms with Crippen LogP contribution in [0.15, 0.2) is 64.0 Å². The van der Waals surface area contributed by atoms with E-state index in [0.29, 0.717) is 36.9 Å². The zero-order valence-corrected chi connectivity index (χ0v) is 19.3. The minimum atomic E-state index is -3.50. The Morgan fingerprint density at radius 3 is 2.27 bits per heavy atom. The van der Waals surface area contributed by atoms with Gasteiger partial charge in [0.15, 0.2) is 5.82 Å². The molecule has 0 unspecified atom stereocenters.